The van der Waals surface area contributed by atoms with Crippen LogP contribution in [0.5, 0.6) is 0 Å². The maximum atomic E-state index is 12.1. The van der Waals surface area contributed by atoms with Gasteiger partial charge < -0.3 is 15.6 Å². The smallest absolute Gasteiger partial charge is 0.271 e. The van der Waals surface area contributed by atoms with Crippen molar-refractivity contribution in [3.63, 3.8) is 0 Å². The molecule has 0 aliphatic rings. The van der Waals surface area contributed by atoms with Crippen molar-refractivity contribution in [1.29, 1.82) is 5.26 Å². The highest BCUT2D eigenvalue weighted by Crippen LogP contribution is 2.13. The summed E-state index contributed by atoms with van der Waals surface area (Å²) in [6.45, 7) is 3.01. The second-order valence-corrected chi connectivity index (χ2v) is 4.71. The third-order valence-electron chi connectivity index (χ3n) is 3.14. The highest BCUT2D eigenvalue weighted by molar-refractivity contribution is 5.92. The van der Waals surface area contributed by atoms with E-state index in [4.69, 9.17) is 11.0 Å². The third kappa shape index (κ3) is 3.68. The summed E-state index contributed by atoms with van der Waals surface area (Å²) in [7, 11) is 0. The Hall–Kier alpha value is -2.65. The molecule has 1 atom stereocenters. The average Bonchev–Trinajstić information content (AvgIpc) is 2.96. The summed E-state index contributed by atoms with van der Waals surface area (Å²) in [6.07, 6.45) is 3.27. The first-order valence-electron chi connectivity index (χ1n) is 6.67. The Morgan fingerprint density at radius 2 is 2.19 bits per heavy atom. The van der Waals surface area contributed by atoms with Gasteiger partial charge in [-0.3, -0.25) is 4.79 Å². The van der Waals surface area contributed by atoms with E-state index < -0.39 is 0 Å². The molecule has 1 unspecified atom stereocenters. The summed E-state index contributed by atoms with van der Waals surface area (Å²) in [5.74, 6) is -0.234. The number of hydrogen-bond donors (Lipinski definition) is 2. The largest absolute Gasteiger partial charge is 0.344 e. The summed E-state index contributed by atoms with van der Waals surface area (Å²) in [5.41, 5.74) is 7.35. The van der Waals surface area contributed by atoms with Crippen LogP contribution < -0.4 is 11.1 Å². The molecule has 21 heavy (non-hydrogen) atoms. The minimum atomic E-state index is -0.234. The Labute approximate surface area is 123 Å². The van der Waals surface area contributed by atoms with Crippen molar-refractivity contribution in [3.8, 4) is 6.07 Å². The Morgan fingerprint density at radius 3 is 2.81 bits per heavy atom. The molecule has 6 nitrogen and oxygen atoms in total. The van der Waals surface area contributed by atoms with Gasteiger partial charge in [0.1, 0.15) is 5.69 Å². The molecular weight excluding hydrogens is 266 g/mol. The molecule has 0 spiro atoms. The minimum Gasteiger partial charge on any atom is -0.344 e. The third-order valence-corrected chi connectivity index (χ3v) is 3.14. The van der Waals surface area contributed by atoms with Gasteiger partial charge >= 0.3 is 0 Å². The highest BCUT2D eigenvalue weighted by atomic mass is 16.1. The number of nitrogens with one attached hydrogen (secondary N) is 1. The average molecular weight is 283 g/mol. The molecule has 0 saturated carbocycles. The number of amides is 1. The van der Waals surface area contributed by atoms with Gasteiger partial charge in [-0.05, 0) is 24.6 Å². The lowest BCUT2D eigenvalue weighted by Crippen LogP contribution is -2.27. The SMILES string of the molecule is CC(NC(=O)c1cn(CCN)cn1)c1ccc(C#N)cc1. The first-order chi connectivity index (χ1) is 10.1. The Balaban J connectivity index is 2.02. The van der Waals surface area contributed by atoms with Crippen molar-refractivity contribution in [2.75, 3.05) is 6.54 Å². The number of benzene rings is 1. The van der Waals surface area contributed by atoms with Crippen LogP contribution >= 0.6 is 0 Å². The van der Waals surface area contributed by atoms with Crippen LogP contribution in [0.3, 0.4) is 0 Å². The Bertz CT molecular complexity index is 653. The van der Waals surface area contributed by atoms with Gasteiger partial charge in [0, 0.05) is 19.3 Å². The second kappa shape index (κ2) is 6.68. The van der Waals surface area contributed by atoms with Crippen LogP contribution in [0.4, 0.5) is 0 Å². The van der Waals surface area contributed by atoms with E-state index in [1.54, 1.807) is 29.2 Å². The van der Waals surface area contributed by atoms with Crippen LogP contribution in [0.25, 0.3) is 0 Å². The zero-order chi connectivity index (χ0) is 15.2. The lowest BCUT2D eigenvalue weighted by molar-refractivity contribution is 0.0935. The minimum absolute atomic E-state index is 0.162. The molecule has 0 bridgehead atoms. The number of aromatic nitrogens is 2. The fraction of sp³-hybridized carbons (Fsp3) is 0.267. The zero-order valence-electron chi connectivity index (χ0n) is 11.8. The van der Waals surface area contributed by atoms with Crippen LogP contribution in [0.15, 0.2) is 36.8 Å². The van der Waals surface area contributed by atoms with E-state index in [1.807, 2.05) is 19.1 Å². The number of rotatable bonds is 5. The van der Waals surface area contributed by atoms with E-state index in [9.17, 15) is 4.79 Å². The predicted octanol–water partition coefficient (Wildman–Crippen LogP) is 1.20. The van der Waals surface area contributed by atoms with Gasteiger partial charge in [0.2, 0.25) is 0 Å². The molecular formula is C15H17N5O. The zero-order valence-corrected chi connectivity index (χ0v) is 11.8. The number of carbonyl (C=O) groups excluding carboxylic acids is 1. The van der Waals surface area contributed by atoms with Crippen LogP contribution in [0, 0.1) is 11.3 Å². The van der Waals surface area contributed by atoms with Gasteiger partial charge in [-0.25, -0.2) is 4.98 Å². The number of nitrogens with two attached hydrogens (primary N) is 1. The van der Waals surface area contributed by atoms with E-state index in [0.717, 1.165) is 5.56 Å². The van der Waals surface area contributed by atoms with Crippen LogP contribution in [-0.2, 0) is 6.54 Å². The quantitative estimate of drug-likeness (QED) is 0.861. The molecule has 1 aromatic heterocycles. The molecule has 1 aromatic carbocycles. The fourth-order valence-corrected chi connectivity index (χ4v) is 1.95. The van der Waals surface area contributed by atoms with E-state index >= 15 is 0 Å². The standard InChI is InChI=1S/C15H17N5O/c1-11(13-4-2-12(8-17)3-5-13)19-15(21)14-9-20(7-6-16)10-18-14/h2-5,9-11H,6-7,16H2,1H3,(H,19,21). The molecule has 0 aliphatic carbocycles. The van der Waals surface area contributed by atoms with Crippen LogP contribution in [-0.4, -0.2) is 22.0 Å². The predicted molar refractivity (Wildman–Crippen MR) is 78.3 cm³/mol. The van der Waals surface area contributed by atoms with Crippen molar-refractivity contribution in [1.82, 2.24) is 14.9 Å². The first kappa shape index (κ1) is 14.8. The first-order valence-corrected chi connectivity index (χ1v) is 6.67. The Morgan fingerprint density at radius 1 is 1.48 bits per heavy atom. The van der Waals surface area contributed by atoms with Gasteiger partial charge in [0.15, 0.2) is 0 Å². The van der Waals surface area contributed by atoms with Crippen LogP contribution in [0.1, 0.15) is 34.6 Å². The number of imidazole rings is 1. The maximum Gasteiger partial charge on any atom is 0.271 e. The van der Waals surface area contributed by atoms with Crippen molar-refractivity contribution in [2.24, 2.45) is 5.73 Å². The lowest BCUT2D eigenvalue weighted by atomic mass is 10.1. The summed E-state index contributed by atoms with van der Waals surface area (Å²) >= 11 is 0. The molecule has 0 radical (unpaired) electrons. The molecule has 1 heterocycles. The van der Waals surface area contributed by atoms with E-state index in [2.05, 4.69) is 16.4 Å². The number of nitrogens with zero attached hydrogens (tertiary/aromatic N) is 3. The molecule has 3 N–H and O–H groups in total. The molecule has 1 amide bonds. The Kier molecular flexibility index (Phi) is 4.69. The van der Waals surface area contributed by atoms with Gasteiger partial charge in [0.05, 0.1) is 24.0 Å². The summed E-state index contributed by atoms with van der Waals surface area (Å²) in [4.78, 5) is 16.2. The maximum absolute atomic E-state index is 12.1. The molecule has 0 aliphatic heterocycles. The topological polar surface area (TPSA) is 96.7 Å². The summed E-state index contributed by atoms with van der Waals surface area (Å²) in [5, 5.41) is 11.6. The lowest BCUT2D eigenvalue weighted by Gasteiger charge is -2.13. The number of nitriles is 1. The number of carbonyl (C=O) groups is 1. The van der Waals surface area contributed by atoms with Crippen LogP contribution in [0.2, 0.25) is 0 Å². The molecule has 108 valence electrons. The fourth-order valence-electron chi connectivity index (χ4n) is 1.95. The van der Waals surface area contributed by atoms with Gasteiger partial charge in [-0.1, -0.05) is 12.1 Å². The molecule has 0 fully saturated rings. The highest BCUT2D eigenvalue weighted by Gasteiger charge is 2.13. The van der Waals surface area contributed by atoms with Crippen molar-refractivity contribution in [3.05, 3.63) is 53.6 Å². The molecule has 2 rings (SSSR count). The van der Waals surface area contributed by atoms with Crippen molar-refractivity contribution in [2.45, 2.75) is 19.5 Å². The monoisotopic (exact) mass is 283 g/mol. The summed E-state index contributed by atoms with van der Waals surface area (Å²) in [6, 6.07) is 9.02. The molecule has 2 aromatic rings. The van der Waals surface area contributed by atoms with Crippen molar-refractivity contribution < 1.29 is 4.79 Å². The van der Waals surface area contributed by atoms with E-state index in [1.165, 1.54) is 0 Å². The molecule has 6 heteroatoms. The normalized spacial score (nSPS) is 11.7. The van der Waals surface area contributed by atoms with E-state index in [0.29, 0.717) is 24.3 Å². The van der Waals surface area contributed by atoms with Gasteiger partial charge in [-0.2, -0.15) is 5.26 Å². The van der Waals surface area contributed by atoms with Gasteiger partial charge in [-0.15, -0.1) is 0 Å². The van der Waals surface area contributed by atoms with E-state index in [-0.39, 0.29) is 11.9 Å². The second-order valence-electron chi connectivity index (χ2n) is 4.71. The van der Waals surface area contributed by atoms with Gasteiger partial charge in [0.25, 0.3) is 5.91 Å². The molecule has 0 saturated heterocycles. The summed E-state index contributed by atoms with van der Waals surface area (Å²) < 4.78 is 1.78. The number of hydrogen-bond acceptors (Lipinski definition) is 4. The van der Waals surface area contributed by atoms with Crippen molar-refractivity contribution >= 4 is 5.91 Å².